The molecule has 0 aromatic carbocycles. The van der Waals surface area contributed by atoms with Gasteiger partial charge in [0.15, 0.2) is 0 Å². The molecule has 4 nitrogen and oxygen atoms in total. The fraction of sp³-hybridized carbons (Fsp3) is 0.667. The van der Waals surface area contributed by atoms with E-state index in [1.54, 1.807) is 0 Å². The van der Waals surface area contributed by atoms with E-state index in [-0.39, 0.29) is 0 Å². The maximum absolute atomic E-state index is 4.59. The summed E-state index contributed by atoms with van der Waals surface area (Å²) in [6, 6.07) is 0. The van der Waals surface area contributed by atoms with E-state index in [9.17, 15) is 0 Å². The molecule has 0 aliphatic rings. The molecule has 0 spiro atoms. The number of nitrogens with zero attached hydrogens (tertiary/aromatic N) is 2. The van der Waals surface area contributed by atoms with Crippen LogP contribution in [0.5, 0.6) is 0 Å². The van der Waals surface area contributed by atoms with Crippen molar-refractivity contribution >= 4 is 11.4 Å². The zero-order valence-corrected chi connectivity index (χ0v) is 16.5. The molecule has 0 heterocycles. The van der Waals surface area contributed by atoms with Crippen LogP contribution in [0.15, 0.2) is 33.5 Å². The number of rotatable bonds is 12. The average Bonchev–Trinajstić information content (AvgIpc) is 2.48. The summed E-state index contributed by atoms with van der Waals surface area (Å²) in [6.07, 6.45) is 4.29. The molecule has 0 bridgehead atoms. The molecule has 0 radical (unpaired) electrons. The van der Waals surface area contributed by atoms with Crippen LogP contribution in [0.2, 0.25) is 10.6 Å². The van der Waals surface area contributed by atoms with E-state index >= 15 is 0 Å². The predicted octanol–water partition coefficient (Wildman–Crippen LogP) is 3.85. The third-order valence-electron chi connectivity index (χ3n) is 2.77. The average molecular weight is 370 g/mol. The minimum absolute atomic E-state index is 0.819. The first-order valence-corrected chi connectivity index (χ1v) is 9.74. The number of allylic oxidation sites excluding steroid dienone is 4. The Labute approximate surface area is 149 Å². The van der Waals surface area contributed by atoms with Gasteiger partial charge < -0.3 is 0 Å². The van der Waals surface area contributed by atoms with Gasteiger partial charge in [0, 0.05) is 0 Å². The molecule has 0 saturated carbocycles. The van der Waals surface area contributed by atoms with Crippen molar-refractivity contribution < 1.29 is 15.0 Å². The van der Waals surface area contributed by atoms with Gasteiger partial charge in [-0.3, -0.25) is 0 Å². The van der Waals surface area contributed by atoms with Gasteiger partial charge in [-0.15, -0.1) is 0 Å². The summed E-state index contributed by atoms with van der Waals surface area (Å²) in [6.45, 7) is 16.1. The van der Waals surface area contributed by atoms with Crippen LogP contribution in [0.4, 0.5) is 0 Å². The maximum atomic E-state index is 4.59. The Balaban J connectivity index is 4.66. The van der Waals surface area contributed by atoms with Crippen molar-refractivity contribution in [1.29, 1.82) is 0 Å². The van der Waals surface area contributed by atoms with Gasteiger partial charge in [-0.05, 0) is 0 Å². The van der Waals surface area contributed by atoms with Gasteiger partial charge in [-0.25, -0.2) is 0 Å². The van der Waals surface area contributed by atoms with Crippen molar-refractivity contribution in [3.63, 3.8) is 0 Å². The van der Waals surface area contributed by atoms with Crippen molar-refractivity contribution in [2.75, 3.05) is 26.2 Å². The van der Waals surface area contributed by atoms with E-state index in [1.165, 1.54) is 11.4 Å². The zero-order chi connectivity index (χ0) is 17.5. The summed E-state index contributed by atoms with van der Waals surface area (Å²) in [5.74, 6) is 0. The van der Waals surface area contributed by atoms with Crippen LogP contribution in [-0.2, 0) is 15.0 Å². The van der Waals surface area contributed by atoms with Gasteiger partial charge >= 0.3 is 149 Å². The van der Waals surface area contributed by atoms with E-state index in [2.05, 4.69) is 74.3 Å². The van der Waals surface area contributed by atoms with Gasteiger partial charge in [0.05, 0.1) is 0 Å². The van der Waals surface area contributed by atoms with Gasteiger partial charge in [0.25, 0.3) is 0 Å². The Morgan fingerprint density at radius 2 is 1.17 bits per heavy atom. The number of hydrogen-bond donors (Lipinski definition) is 2. The van der Waals surface area contributed by atoms with E-state index in [4.69, 9.17) is 0 Å². The quantitative estimate of drug-likeness (QED) is 0.405. The monoisotopic (exact) mass is 369 g/mol. The van der Waals surface area contributed by atoms with E-state index in [0.29, 0.717) is 0 Å². The molecule has 0 atom stereocenters. The van der Waals surface area contributed by atoms with Gasteiger partial charge in [-0.1, -0.05) is 0 Å². The Kier molecular flexibility index (Phi) is 13.9. The van der Waals surface area contributed by atoms with E-state index < -0.39 is 0 Å². The molecule has 23 heavy (non-hydrogen) atoms. The minimum atomic E-state index is 0.819. The first-order valence-electron chi connectivity index (χ1n) is 8.40. The van der Waals surface area contributed by atoms with E-state index in [1.807, 2.05) is 15.0 Å². The fourth-order valence-electron chi connectivity index (χ4n) is 1.98. The second-order valence-electron chi connectivity index (χ2n) is 5.01. The van der Waals surface area contributed by atoms with Crippen LogP contribution in [0.3, 0.4) is 0 Å². The first kappa shape index (κ1) is 21.9. The molecule has 0 unspecified atom stereocenters. The number of aliphatic imine (C=N–C) groups is 2. The van der Waals surface area contributed by atoms with Crippen molar-refractivity contribution in [3.05, 3.63) is 23.5 Å². The molecular weight excluding hydrogens is 336 g/mol. The molecule has 0 aromatic rings. The summed E-state index contributed by atoms with van der Waals surface area (Å²) < 4.78 is 0. The second-order valence-corrected chi connectivity index (χ2v) is 6.15. The number of nitrogens with one attached hydrogen (secondary N) is 2. The first-order chi connectivity index (χ1) is 11.1. The third-order valence-corrected chi connectivity index (χ3v) is 3.92. The van der Waals surface area contributed by atoms with Crippen LogP contribution < -0.4 is 10.6 Å². The molecule has 0 rings (SSSR count). The molecule has 0 amide bonds. The summed E-state index contributed by atoms with van der Waals surface area (Å²) in [4.78, 5) is 9.18. The molecule has 0 aliphatic carbocycles. The molecule has 137 valence electrons. The van der Waals surface area contributed by atoms with Crippen molar-refractivity contribution in [2.45, 2.75) is 52.2 Å². The van der Waals surface area contributed by atoms with Crippen LogP contribution in [0.1, 0.15) is 41.5 Å². The Bertz CT molecular complexity index is 396. The van der Waals surface area contributed by atoms with Gasteiger partial charge in [0.1, 0.15) is 0 Å². The van der Waals surface area contributed by atoms with Crippen LogP contribution in [0, 0.1) is 0 Å². The van der Waals surface area contributed by atoms with Crippen LogP contribution >= 0.6 is 0 Å². The van der Waals surface area contributed by atoms with Gasteiger partial charge in [0.2, 0.25) is 0 Å². The second kappa shape index (κ2) is 14.5. The molecule has 0 aliphatic heterocycles. The summed E-state index contributed by atoms with van der Waals surface area (Å²) in [5, 5.41) is 8.44. The van der Waals surface area contributed by atoms with Crippen LogP contribution in [0.25, 0.3) is 0 Å². The fourth-order valence-corrected chi connectivity index (χ4v) is 2.98. The molecule has 0 aromatic heterocycles. The van der Waals surface area contributed by atoms with Crippen LogP contribution in [-0.4, -0.2) is 37.6 Å². The topological polar surface area (TPSA) is 48.8 Å². The summed E-state index contributed by atoms with van der Waals surface area (Å²) in [7, 11) is 0. The predicted molar refractivity (Wildman–Crippen MR) is 100 cm³/mol. The summed E-state index contributed by atoms with van der Waals surface area (Å²) >= 11 is 1.96. The Morgan fingerprint density at radius 3 is 1.48 bits per heavy atom. The van der Waals surface area contributed by atoms with E-state index in [0.717, 1.165) is 48.2 Å². The van der Waals surface area contributed by atoms with Gasteiger partial charge in [-0.2, -0.15) is 0 Å². The Hall–Kier alpha value is -1.06. The normalized spacial score (nSPS) is 14.3. The molecule has 0 saturated heterocycles. The molecular formula is C18H34CuN4. The van der Waals surface area contributed by atoms with Crippen molar-refractivity contribution in [3.8, 4) is 0 Å². The number of hydrogen-bond acceptors (Lipinski definition) is 4. The van der Waals surface area contributed by atoms with Crippen molar-refractivity contribution in [1.82, 2.24) is 10.6 Å². The zero-order valence-electron chi connectivity index (χ0n) is 15.6. The third kappa shape index (κ3) is 12.1. The summed E-state index contributed by atoms with van der Waals surface area (Å²) in [5.41, 5.74) is 4.61. The standard InChI is InChI=1S/2C9H17N2.Cu/c2*1-5-10-8(3)7-9(4)11-6-2;/h2*7,11H,3,5-6H2,1-2,4H3;. The molecule has 2 N–H and O–H groups in total. The SMILES string of the molecule is CCN=C(C=C(C)NCC)[CH2][Cu][CH2]C(C=C(C)NCC)=NCC. The molecule has 0 fully saturated rings. The van der Waals surface area contributed by atoms with Crippen molar-refractivity contribution in [2.24, 2.45) is 9.98 Å². The molecule has 5 heteroatoms. The Morgan fingerprint density at radius 1 is 0.783 bits per heavy atom.